The summed E-state index contributed by atoms with van der Waals surface area (Å²) >= 11 is 1.20. The number of aromatic nitrogens is 1. The molecule has 0 saturated carbocycles. The summed E-state index contributed by atoms with van der Waals surface area (Å²) in [5.41, 5.74) is 0.527. The van der Waals surface area contributed by atoms with Crippen LogP contribution in [0.4, 0.5) is 10.8 Å². The smallest absolute Gasteiger partial charge is 0.263 e. The Kier molecular flexibility index (Phi) is 4.60. The van der Waals surface area contributed by atoms with E-state index in [-0.39, 0.29) is 10.8 Å². The highest BCUT2D eigenvalue weighted by Gasteiger charge is 2.23. The minimum absolute atomic E-state index is 0.0998. The van der Waals surface area contributed by atoms with Gasteiger partial charge in [-0.25, -0.2) is 13.4 Å². The van der Waals surface area contributed by atoms with Gasteiger partial charge in [-0.05, 0) is 37.1 Å². The number of ether oxygens (including phenoxy) is 1. The molecule has 7 nitrogen and oxygen atoms in total. The second-order valence-electron chi connectivity index (χ2n) is 4.96. The highest BCUT2D eigenvalue weighted by molar-refractivity contribution is 7.93. The maximum Gasteiger partial charge on any atom is 0.263 e. The number of hydrogen-bond acceptors (Lipinski definition) is 6. The van der Waals surface area contributed by atoms with Gasteiger partial charge < -0.3 is 10.1 Å². The van der Waals surface area contributed by atoms with Gasteiger partial charge in [0.25, 0.3) is 15.9 Å². The molecule has 1 fully saturated rings. The van der Waals surface area contributed by atoms with Crippen molar-refractivity contribution in [3.05, 3.63) is 35.8 Å². The summed E-state index contributed by atoms with van der Waals surface area (Å²) in [6.07, 6.45) is 2.67. The monoisotopic (exact) mass is 353 g/mol. The molecule has 1 amide bonds. The molecule has 1 aromatic heterocycles. The van der Waals surface area contributed by atoms with E-state index in [0.717, 1.165) is 6.42 Å². The van der Waals surface area contributed by atoms with E-state index >= 15 is 0 Å². The third-order valence-electron chi connectivity index (χ3n) is 3.31. The Morgan fingerprint density at radius 2 is 2.09 bits per heavy atom. The zero-order chi connectivity index (χ0) is 16.3. The van der Waals surface area contributed by atoms with E-state index in [1.165, 1.54) is 29.7 Å². The fourth-order valence-corrected chi connectivity index (χ4v) is 3.96. The molecular formula is C14H15N3O4S2. The predicted octanol–water partition coefficient (Wildman–Crippen LogP) is 2.06. The first-order valence-electron chi connectivity index (χ1n) is 6.99. The van der Waals surface area contributed by atoms with E-state index in [1.54, 1.807) is 17.5 Å². The molecule has 1 atom stereocenters. The van der Waals surface area contributed by atoms with Crippen LogP contribution in [0.3, 0.4) is 0 Å². The van der Waals surface area contributed by atoms with Gasteiger partial charge in [-0.15, -0.1) is 11.3 Å². The van der Waals surface area contributed by atoms with E-state index in [2.05, 4.69) is 15.0 Å². The van der Waals surface area contributed by atoms with Crippen molar-refractivity contribution < 1.29 is 17.9 Å². The average Bonchev–Trinajstić information content (AvgIpc) is 3.20. The Balaban J connectivity index is 1.67. The Morgan fingerprint density at radius 1 is 1.30 bits per heavy atom. The number of carbonyl (C=O) groups is 1. The van der Waals surface area contributed by atoms with Crippen molar-refractivity contribution in [2.75, 3.05) is 16.6 Å². The highest BCUT2D eigenvalue weighted by atomic mass is 32.2. The predicted molar refractivity (Wildman–Crippen MR) is 87.0 cm³/mol. The topological polar surface area (TPSA) is 97.4 Å². The summed E-state index contributed by atoms with van der Waals surface area (Å²) in [6, 6.07) is 5.95. The molecule has 2 aromatic rings. The van der Waals surface area contributed by atoms with Crippen molar-refractivity contribution >= 4 is 38.1 Å². The number of anilines is 2. The maximum absolute atomic E-state index is 12.2. The van der Waals surface area contributed by atoms with Gasteiger partial charge in [-0.3, -0.25) is 9.52 Å². The molecule has 3 rings (SSSR count). The fraction of sp³-hybridized carbons (Fsp3) is 0.286. The van der Waals surface area contributed by atoms with Crippen LogP contribution in [0.1, 0.15) is 12.8 Å². The SMILES string of the molecule is O=C(Nc1ccc(S(=O)(=O)Nc2nccs2)cc1)[C@H]1CCCO1. The van der Waals surface area contributed by atoms with E-state index in [0.29, 0.717) is 23.8 Å². The Bertz CT molecular complexity index is 767. The zero-order valence-electron chi connectivity index (χ0n) is 12.1. The summed E-state index contributed by atoms with van der Waals surface area (Å²) in [5, 5.41) is 4.71. The lowest BCUT2D eigenvalue weighted by atomic mass is 10.2. The molecule has 0 unspecified atom stereocenters. The maximum atomic E-state index is 12.2. The van der Waals surface area contributed by atoms with Crippen molar-refractivity contribution in [1.82, 2.24) is 4.98 Å². The van der Waals surface area contributed by atoms with Crippen molar-refractivity contribution in [2.45, 2.75) is 23.8 Å². The van der Waals surface area contributed by atoms with Crippen LogP contribution in [-0.4, -0.2) is 32.0 Å². The third kappa shape index (κ3) is 3.87. The molecule has 23 heavy (non-hydrogen) atoms. The first-order valence-corrected chi connectivity index (χ1v) is 9.36. The summed E-state index contributed by atoms with van der Waals surface area (Å²) in [5.74, 6) is -0.209. The first kappa shape index (κ1) is 15.9. The fourth-order valence-electron chi connectivity index (χ4n) is 2.17. The largest absolute Gasteiger partial charge is 0.368 e. The van der Waals surface area contributed by atoms with Gasteiger partial charge in [-0.2, -0.15) is 0 Å². The van der Waals surface area contributed by atoms with Crippen molar-refractivity contribution in [3.63, 3.8) is 0 Å². The van der Waals surface area contributed by atoms with Crippen LogP contribution >= 0.6 is 11.3 Å². The minimum Gasteiger partial charge on any atom is -0.368 e. The Morgan fingerprint density at radius 3 is 2.70 bits per heavy atom. The molecule has 9 heteroatoms. The molecule has 122 valence electrons. The number of carbonyl (C=O) groups excluding carboxylic acids is 1. The molecule has 1 saturated heterocycles. The Labute approximate surface area is 137 Å². The van der Waals surface area contributed by atoms with E-state index in [9.17, 15) is 13.2 Å². The van der Waals surface area contributed by atoms with Gasteiger partial charge in [-0.1, -0.05) is 0 Å². The molecule has 1 aromatic carbocycles. The lowest BCUT2D eigenvalue weighted by Gasteiger charge is -2.11. The van der Waals surface area contributed by atoms with Gasteiger partial charge in [0.15, 0.2) is 5.13 Å². The molecule has 0 aliphatic carbocycles. The highest BCUT2D eigenvalue weighted by Crippen LogP contribution is 2.20. The number of nitrogens with one attached hydrogen (secondary N) is 2. The van der Waals surface area contributed by atoms with Crippen molar-refractivity contribution in [1.29, 1.82) is 0 Å². The summed E-state index contributed by atoms with van der Waals surface area (Å²) in [6.45, 7) is 0.595. The molecule has 1 aliphatic heterocycles. The number of rotatable bonds is 5. The molecule has 0 radical (unpaired) electrons. The van der Waals surface area contributed by atoms with E-state index in [4.69, 9.17) is 4.74 Å². The molecule has 2 heterocycles. The average molecular weight is 353 g/mol. The first-order chi connectivity index (χ1) is 11.0. The molecular weight excluding hydrogens is 338 g/mol. The van der Waals surface area contributed by atoms with Crippen LogP contribution in [0.15, 0.2) is 40.7 Å². The standard InChI is InChI=1S/C14H15N3O4S2/c18-13(12-2-1-8-21-12)16-10-3-5-11(6-4-10)23(19,20)17-14-15-7-9-22-14/h3-7,9,12H,1-2,8H2,(H,15,17)(H,16,18)/t12-/m1/s1. The lowest BCUT2D eigenvalue weighted by molar-refractivity contribution is -0.124. The van der Waals surface area contributed by atoms with Crippen LogP contribution in [0.25, 0.3) is 0 Å². The van der Waals surface area contributed by atoms with Gasteiger partial charge in [0.1, 0.15) is 6.10 Å². The third-order valence-corrected chi connectivity index (χ3v) is 5.48. The normalized spacial score (nSPS) is 17.8. The van der Waals surface area contributed by atoms with E-state index < -0.39 is 16.1 Å². The van der Waals surface area contributed by atoms with Gasteiger partial charge >= 0.3 is 0 Å². The Hall–Kier alpha value is -1.97. The van der Waals surface area contributed by atoms with Gasteiger partial charge in [0.2, 0.25) is 0 Å². The number of hydrogen-bond donors (Lipinski definition) is 2. The number of sulfonamides is 1. The molecule has 2 N–H and O–H groups in total. The van der Waals surface area contributed by atoms with Crippen molar-refractivity contribution in [2.24, 2.45) is 0 Å². The molecule has 0 spiro atoms. The van der Waals surface area contributed by atoms with Crippen LogP contribution in [0.2, 0.25) is 0 Å². The molecule has 1 aliphatic rings. The van der Waals surface area contributed by atoms with E-state index in [1.807, 2.05) is 0 Å². The number of benzene rings is 1. The van der Waals surface area contributed by atoms with Gasteiger partial charge in [0.05, 0.1) is 4.90 Å². The minimum atomic E-state index is -3.68. The quantitative estimate of drug-likeness (QED) is 0.857. The second kappa shape index (κ2) is 6.65. The number of thiazole rings is 1. The van der Waals surface area contributed by atoms with Crippen LogP contribution in [0.5, 0.6) is 0 Å². The van der Waals surface area contributed by atoms with Crippen molar-refractivity contribution in [3.8, 4) is 0 Å². The lowest BCUT2D eigenvalue weighted by Crippen LogP contribution is -2.26. The number of nitrogens with zero attached hydrogens (tertiary/aromatic N) is 1. The van der Waals surface area contributed by atoms with Crippen LogP contribution < -0.4 is 10.0 Å². The van der Waals surface area contributed by atoms with Crippen LogP contribution in [-0.2, 0) is 19.6 Å². The van der Waals surface area contributed by atoms with Crippen LogP contribution in [0, 0.1) is 0 Å². The molecule has 0 bridgehead atoms. The number of amides is 1. The zero-order valence-corrected chi connectivity index (χ0v) is 13.7. The summed E-state index contributed by atoms with van der Waals surface area (Å²) < 4.78 is 32.1. The summed E-state index contributed by atoms with van der Waals surface area (Å²) in [4.78, 5) is 15.9. The second-order valence-corrected chi connectivity index (χ2v) is 7.54. The van der Waals surface area contributed by atoms with Gasteiger partial charge in [0, 0.05) is 23.9 Å². The summed E-state index contributed by atoms with van der Waals surface area (Å²) in [7, 11) is -3.68.